The predicted molar refractivity (Wildman–Crippen MR) is 97.2 cm³/mol. The summed E-state index contributed by atoms with van der Waals surface area (Å²) in [7, 11) is 0. The van der Waals surface area contributed by atoms with Crippen LogP contribution in [0.4, 0.5) is 5.69 Å². The Balaban J connectivity index is 1.69. The molecule has 0 bridgehead atoms. The number of benzene rings is 2. The van der Waals surface area contributed by atoms with E-state index in [4.69, 9.17) is 9.47 Å². The monoisotopic (exact) mass is 355 g/mol. The van der Waals surface area contributed by atoms with E-state index < -0.39 is 18.5 Å². The van der Waals surface area contributed by atoms with E-state index in [1.807, 2.05) is 13.0 Å². The summed E-state index contributed by atoms with van der Waals surface area (Å²) in [6.07, 6.45) is -0.0204. The molecule has 0 radical (unpaired) electrons. The molecule has 0 atom stereocenters. The summed E-state index contributed by atoms with van der Waals surface area (Å²) < 4.78 is 10.2. The van der Waals surface area contributed by atoms with Gasteiger partial charge in [-0.1, -0.05) is 30.3 Å². The lowest BCUT2D eigenvalue weighted by Gasteiger charge is -2.08. The molecule has 0 aliphatic rings. The minimum atomic E-state index is -0.587. The number of nitrogens with one attached hydrogen (secondary N) is 1. The van der Waals surface area contributed by atoms with Crippen LogP contribution >= 0.6 is 0 Å². The highest BCUT2D eigenvalue weighted by atomic mass is 16.5. The van der Waals surface area contributed by atoms with Crippen LogP contribution in [-0.2, 0) is 14.3 Å². The van der Waals surface area contributed by atoms with Gasteiger partial charge in [-0.3, -0.25) is 14.4 Å². The Labute approximate surface area is 152 Å². The largest absolute Gasteiger partial charge is 0.494 e. The Morgan fingerprint density at radius 2 is 1.62 bits per heavy atom. The highest BCUT2D eigenvalue weighted by Crippen LogP contribution is 2.15. The Morgan fingerprint density at radius 1 is 0.923 bits per heavy atom. The predicted octanol–water partition coefficient (Wildman–Crippen LogP) is 3.23. The number of carbonyl (C=O) groups excluding carboxylic acids is 3. The first-order chi connectivity index (χ1) is 12.6. The van der Waals surface area contributed by atoms with Gasteiger partial charge in [0.05, 0.1) is 13.0 Å². The molecule has 2 aromatic rings. The van der Waals surface area contributed by atoms with Gasteiger partial charge in [-0.05, 0) is 31.2 Å². The van der Waals surface area contributed by atoms with E-state index >= 15 is 0 Å². The highest BCUT2D eigenvalue weighted by molar-refractivity contribution is 5.97. The molecule has 26 heavy (non-hydrogen) atoms. The van der Waals surface area contributed by atoms with Gasteiger partial charge in [0.25, 0.3) is 5.91 Å². The van der Waals surface area contributed by atoms with Crippen LogP contribution in [0.1, 0.15) is 30.1 Å². The fourth-order valence-corrected chi connectivity index (χ4v) is 2.20. The summed E-state index contributed by atoms with van der Waals surface area (Å²) >= 11 is 0. The zero-order valence-corrected chi connectivity index (χ0v) is 14.6. The summed E-state index contributed by atoms with van der Waals surface area (Å²) in [6, 6.07) is 15.6. The van der Waals surface area contributed by atoms with Crippen molar-refractivity contribution in [3.63, 3.8) is 0 Å². The summed E-state index contributed by atoms with van der Waals surface area (Å²) in [5.41, 5.74) is 1.13. The maximum atomic E-state index is 11.9. The van der Waals surface area contributed by atoms with Gasteiger partial charge in [0.2, 0.25) is 0 Å². The molecule has 6 heteroatoms. The van der Waals surface area contributed by atoms with E-state index in [9.17, 15) is 14.4 Å². The molecule has 0 aliphatic carbocycles. The molecule has 0 saturated heterocycles. The summed E-state index contributed by atoms with van der Waals surface area (Å²) in [4.78, 5) is 35.4. The molecule has 0 aromatic heterocycles. The van der Waals surface area contributed by atoms with Crippen LogP contribution in [0.15, 0.2) is 54.6 Å². The molecule has 0 fully saturated rings. The molecular weight excluding hydrogens is 334 g/mol. The van der Waals surface area contributed by atoms with Crippen molar-refractivity contribution in [3.8, 4) is 5.75 Å². The van der Waals surface area contributed by atoms with Gasteiger partial charge in [-0.25, -0.2) is 0 Å². The van der Waals surface area contributed by atoms with Crippen LogP contribution in [0.5, 0.6) is 5.75 Å². The molecular formula is C20H21NO5. The first-order valence-corrected chi connectivity index (χ1v) is 8.35. The van der Waals surface area contributed by atoms with Crippen LogP contribution in [0.2, 0.25) is 0 Å². The maximum Gasteiger partial charge on any atom is 0.306 e. The number of carbonyl (C=O) groups is 3. The first kappa shape index (κ1) is 19.2. The standard InChI is InChI=1S/C20H21NO5/c1-2-25-17-10-8-16(9-11-17)21-19(23)14-26-20(24)13-12-18(22)15-6-4-3-5-7-15/h3-11H,2,12-14H2,1H3,(H,21,23). The Kier molecular flexibility index (Phi) is 7.36. The Hall–Kier alpha value is -3.15. The second-order valence-electron chi connectivity index (χ2n) is 5.46. The average Bonchev–Trinajstić information content (AvgIpc) is 2.67. The minimum absolute atomic E-state index is 0.0450. The average molecular weight is 355 g/mol. The van der Waals surface area contributed by atoms with E-state index in [2.05, 4.69) is 5.32 Å². The second kappa shape index (κ2) is 9.98. The van der Waals surface area contributed by atoms with Gasteiger partial charge in [-0.2, -0.15) is 0 Å². The lowest BCUT2D eigenvalue weighted by molar-refractivity contribution is -0.147. The van der Waals surface area contributed by atoms with Gasteiger partial charge in [0, 0.05) is 17.7 Å². The van der Waals surface area contributed by atoms with Crippen LogP contribution < -0.4 is 10.1 Å². The van der Waals surface area contributed by atoms with Gasteiger partial charge >= 0.3 is 5.97 Å². The van der Waals surface area contributed by atoms with Crippen LogP contribution in [0.3, 0.4) is 0 Å². The van der Waals surface area contributed by atoms with Gasteiger partial charge < -0.3 is 14.8 Å². The van der Waals surface area contributed by atoms with Crippen molar-refractivity contribution in [1.29, 1.82) is 0 Å². The number of hydrogen-bond donors (Lipinski definition) is 1. The van der Waals surface area contributed by atoms with Crippen LogP contribution in [0, 0.1) is 0 Å². The van der Waals surface area contributed by atoms with Gasteiger partial charge in [0.1, 0.15) is 5.75 Å². The number of esters is 1. The quantitative estimate of drug-likeness (QED) is 0.552. The molecule has 1 amide bonds. The number of amides is 1. The number of anilines is 1. The smallest absolute Gasteiger partial charge is 0.306 e. The van der Waals surface area contributed by atoms with E-state index in [1.165, 1.54) is 0 Å². The molecule has 0 saturated carbocycles. The van der Waals surface area contributed by atoms with Gasteiger partial charge in [-0.15, -0.1) is 0 Å². The van der Waals surface area contributed by atoms with Crippen molar-refractivity contribution in [2.24, 2.45) is 0 Å². The molecule has 1 N–H and O–H groups in total. The fraction of sp³-hybridized carbons (Fsp3) is 0.250. The zero-order chi connectivity index (χ0) is 18.8. The molecule has 6 nitrogen and oxygen atoms in total. The maximum absolute atomic E-state index is 11.9. The third kappa shape index (κ3) is 6.39. The van der Waals surface area contributed by atoms with Crippen molar-refractivity contribution in [3.05, 3.63) is 60.2 Å². The van der Waals surface area contributed by atoms with E-state index in [1.54, 1.807) is 48.5 Å². The summed E-state index contributed by atoms with van der Waals surface area (Å²) in [5.74, 6) is -0.463. The highest BCUT2D eigenvalue weighted by Gasteiger charge is 2.12. The normalized spacial score (nSPS) is 10.0. The number of Topliss-reactive ketones (excluding diaryl/α,β-unsaturated/α-hetero) is 1. The van der Waals surface area contributed by atoms with Crippen molar-refractivity contribution >= 4 is 23.3 Å². The lowest BCUT2D eigenvalue weighted by Crippen LogP contribution is -2.21. The Bertz CT molecular complexity index is 741. The molecule has 0 unspecified atom stereocenters. The van der Waals surface area contributed by atoms with E-state index in [-0.39, 0.29) is 18.6 Å². The van der Waals surface area contributed by atoms with Crippen LogP contribution in [0.25, 0.3) is 0 Å². The molecule has 136 valence electrons. The molecule has 0 heterocycles. The van der Waals surface area contributed by atoms with Crippen molar-refractivity contribution in [2.75, 3.05) is 18.5 Å². The molecule has 0 aliphatic heterocycles. The number of ketones is 1. The summed E-state index contributed by atoms with van der Waals surface area (Å²) in [5, 5.41) is 2.62. The van der Waals surface area contributed by atoms with Crippen molar-refractivity contribution in [1.82, 2.24) is 0 Å². The topological polar surface area (TPSA) is 81.7 Å². The zero-order valence-electron chi connectivity index (χ0n) is 14.6. The van der Waals surface area contributed by atoms with E-state index in [0.29, 0.717) is 23.6 Å². The molecule has 0 spiro atoms. The van der Waals surface area contributed by atoms with Crippen LogP contribution in [-0.4, -0.2) is 30.9 Å². The van der Waals surface area contributed by atoms with Gasteiger partial charge in [0.15, 0.2) is 12.4 Å². The number of hydrogen-bond acceptors (Lipinski definition) is 5. The first-order valence-electron chi connectivity index (χ1n) is 8.35. The third-order valence-electron chi connectivity index (χ3n) is 3.47. The number of rotatable bonds is 9. The summed E-state index contributed by atoms with van der Waals surface area (Å²) in [6.45, 7) is 2.05. The lowest BCUT2D eigenvalue weighted by atomic mass is 10.1. The molecule has 2 rings (SSSR count). The second-order valence-corrected chi connectivity index (χ2v) is 5.46. The minimum Gasteiger partial charge on any atom is -0.494 e. The van der Waals surface area contributed by atoms with Crippen molar-refractivity contribution < 1.29 is 23.9 Å². The van der Waals surface area contributed by atoms with Crippen molar-refractivity contribution in [2.45, 2.75) is 19.8 Å². The van der Waals surface area contributed by atoms with E-state index in [0.717, 1.165) is 0 Å². The third-order valence-corrected chi connectivity index (χ3v) is 3.47. The Morgan fingerprint density at radius 3 is 2.27 bits per heavy atom. The molecule has 2 aromatic carbocycles. The SMILES string of the molecule is CCOc1ccc(NC(=O)COC(=O)CCC(=O)c2ccccc2)cc1. The fourth-order valence-electron chi connectivity index (χ4n) is 2.20. The number of ether oxygens (including phenoxy) is 2.